The number of para-hydroxylation sites is 1. The van der Waals surface area contributed by atoms with Crippen molar-refractivity contribution < 1.29 is 19.1 Å². The highest BCUT2D eigenvalue weighted by atomic mass is 35.5. The molecule has 0 radical (unpaired) electrons. The lowest BCUT2D eigenvalue weighted by Gasteiger charge is -2.35. The van der Waals surface area contributed by atoms with Crippen LogP contribution in [0.3, 0.4) is 0 Å². The van der Waals surface area contributed by atoms with Crippen LogP contribution < -0.4 is 4.74 Å². The topological polar surface area (TPSA) is 59.1 Å². The molecule has 40 heavy (non-hydrogen) atoms. The Labute approximate surface area is 248 Å². The molecule has 2 aliphatic heterocycles. The van der Waals surface area contributed by atoms with Gasteiger partial charge in [0.05, 0.1) is 12.3 Å². The van der Waals surface area contributed by atoms with Crippen molar-refractivity contribution in [3.63, 3.8) is 0 Å². The molecular weight excluding hydrogens is 547 g/mol. The standard InChI is InChI=1S/C32H42Cl2N2O4/c1-32(2,3)40-30(37)21-25(20-24-10-11-26(33)22-28(24)34)31(38)36-16-12-23(13-17-36)27-8-4-5-9-29(27)39-19-18-35-14-6-7-15-35/h4-5,8-11,22-23,25H,6-7,12-21H2,1-3H3/t25-/m0/s1. The van der Waals surface area contributed by atoms with Gasteiger partial charge in [-0.05, 0) is 101 Å². The van der Waals surface area contributed by atoms with E-state index >= 15 is 0 Å². The third kappa shape index (κ3) is 8.86. The fraction of sp³-hybridized carbons (Fsp3) is 0.562. The number of carbonyl (C=O) groups excluding carboxylic acids is 2. The van der Waals surface area contributed by atoms with Gasteiger partial charge in [-0.15, -0.1) is 0 Å². The van der Waals surface area contributed by atoms with Crippen molar-refractivity contribution >= 4 is 35.1 Å². The second kappa shape index (κ2) is 14.1. The van der Waals surface area contributed by atoms with Gasteiger partial charge in [0.1, 0.15) is 18.0 Å². The van der Waals surface area contributed by atoms with Gasteiger partial charge in [0.25, 0.3) is 0 Å². The van der Waals surface area contributed by atoms with Crippen LogP contribution in [-0.2, 0) is 20.7 Å². The molecule has 2 fully saturated rings. The van der Waals surface area contributed by atoms with E-state index in [1.54, 1.807) is 12.1 Å². The first-order chi connectivity index (χ1) is 19.1. The van der Waals surface area contributed by atoms with Crippen molar-refractivity contribution in [3.8, 4) is 5.75 Å². The van der Waals surface area contributed by atoms with E-state index in [4.69, 9.17) is 32.7 Å². The minimum atomic E-state index is -0.620. The monoisotopic (exact) mass is 588 g/mol. The Morgan fingerprint density at radius 3 is 2.38 bits per heavy atom. The molecular formula is C32H42Cl2N2O4. The Morgan fingerprint density at radius 2 is 1.70 bits per heavy atom. The number of amides is 1. The Balaban J connectivity index is 1.39. The SMILES string of the molecule is CC(C)(C)OC(=O)C[C@H](Cc1ccc(Cl)cc1Cl)C(=O)N1CCC(c2ccccc2OCCN2CCCC2)CC1. The van der Waals surface area contributed by atoms with E-state index in [-0.39, 0.29) is 18.3 Å². The van der Waals surface area contributed by atoms with Crippen molar-refractivity contribution in [2.75, 3.05) is 39.3 Å². The van der Waals surface area contributed by atoms with Crippen molar-refractivity contribution in [2.24, 2.45) is 5.92 Å². The molecule has 0 unspecified atom stereocenters. The molecule has 0 saturated carbocycles. The van der Waals surface area contributed by atoms with Crippen LogP contribution >= 0.6 is 23.2 Å². The first kappa shape index (κ1) is 30.7. The largest absolute Gasteiger partial charge is 0.492 e. The van der Waals surface area contributed by atoms with Crippen molar-refractivity contribution in [1.29, 1.82) is 0 Å². The summed E-state index contributed by atoms with van der Waals surface area (Å²) in [6.07, 6.45) is 4.60. The van der Waals surface area contributed by atoms with E-state index in [9.17, 15) is 9.59 Å². The molecule has 0 aliphatic carbocycles. The zero-order valence-electron chi connectivity index (χ0n) is 24.0. The Bertz CT molecular complexity index is 1150. The smallest absolute Gasteiger partial charge is 0.307 e. The van der Waals surface area contributed by atoms with Gasteiger partial charge in [-0.25, -0.2) is 0 Å². The summed E-state index contributed by atoms with van der Waals surface area (Å²) < 4.78 is 11.8. The number of likely N-dealkylation sites (tertiary alicyclic amines) is 2. The molecule has 0 N–H and O–H groups in total. The molecule has 4 rings (SSSR count). The highest BCUT2D eigenvalue weighted by molar-refractivity contribution is 6.35. The summed E-state index contributed by atoms with van der Waals surface area (Å²) in [6, 6.07) is 13.6. The maximum atomic E-state index is 13.8. The van der Waals surface area contributed by atoms with Gasteiger partial charge < -0.3 is 14.4 Å². The first-order valence-corrected chi connectivity index (χ1v) is 15.2. The maximum Gasteiger partial charge on any atom is 0.307 e. The molecule has 2 saturated heterocycles. The second-order valence-electron chi connectivity index (χ2n) is 12.0. The number of halogens is 2. The zero-order chi connectivity index (χ0) is 28.7. The van der Waals surface area contributed by atoms with E-state index in [2.05, 4.69) is 23.1 Å². The number of esters is 1. The third-order valence-corrected chi connectivity index (χ3v) is 8.28. The van der Waals surface area contributed by atoms with Crippen molar-refractivity contribution in [2.45, 2.75) is 70.8 Å². The summed E-state index contributed by atoms with van der Waals surface area (Å²) in [5.41, 5.74) is 1.39. The summed E-state index contributed by atoms with van der Waals surface area (Å²) in [5, 5.41) is 1.03. The molecule has 1 amide bonds. The van der Waals surface area contributed by atoms with Crippen LogP contribution in [0, 0.1) is 5.92 Å². The molecule has 218 valence electrons. The van der Waals surface area contributed by atoms with Gasteiger partial charge in [-0.3, -0.25) is 14.5 Å². The second-order valence-corrected chi connectivity index (χ2v) is 12.8. The molecule has 1 atom stereocenters. The molecule has 0 aromatic heterocycles. The molecule has 8 heteroatoms. The minimum Gasteiger partial charge on any atom is -0.492 e. The lowest BCUT2D eigenvalue weighted by Crippen LogP contribution is -2.43. The number of hydrogen-bond acceptors (Lipinski definition) is 5. The average molecular weight is 590 g/mol. The third-order valence-electron chi connectivity index (χ3n) is 7.69. The van der Waals surface area contributed by atoms with Gasteiger partial charge in [0.15, 0.2) is 0 Å². The molecule has 0 bridgehead atoms. The number of ether oxygens (including phenoxy) is 2. The van der Waals surface area contributed by atoms with E-state index in [0.717, 1.165) is 43.8 Å². The summed E-state index contributed by atoms with van der Waals surface area (Å²) in [5.74, 6) is 0.288. The molecule has 0 spiro atoms. The Kier molecular flexibility index (Phi) is 10.8. The van der Waals surface area contributed by atoms with Gasteiger partial charge >= 0.3 is 5.97 Å². The first-order valence-electron chi connectivity index (χ1n) is 14.5. The number of benzene rings is 2. The predicted molar refractivity (Wildman–Crippen MR) is 160 cm³/mol. The Hall–Kier alpha value is -2.28. The van der Waals surface area contributed by atoms with Crippen molar-refractivity contribution in [3.05, 3.63) is 63.6 Å². The summed E-state index contributed by atoms with van der Waals surface area (Å²) in [7, 11) is 0. The van der Waals surface area contributed by atoms with Crippen LogP contribution in [0.25, 0.3) is 0 Å². The number of rotatable bonds is 10. The molecule has 2 heterocycles. The summed E-state index contributed by atoms with van der Waals surface area (Å²) >= 11 is 12.5. The maximum absolute atomic E-state index is 13.8. The highest BCUT2D eigenvalue weighted by Crippen LogP contribution is 2.35. The molecule has 2 aliphatic rings. The quantitative estimate of drug-likeness (QED) is 0.287. The molecule has 6 nitrogen and oxygen atoms in total. The normalized spacial score (nSPS) is 17.6. The zero-order valence-corrected chi connectivity index (χ0v) is 25.5. The van der Waals surface area contributed by atoms with E-state index in [1.807, 2.05) is 37.8 Å². The Morgan fingerprint density at radius 1 is 1.00 bits per heavy atom. The van der Waals surface area contributed by atoms with Crippen LogP contribution in [0.5, 0.6) is 5.75 Å². The van der Waals surface area contributed by atoms with Gasteiger partial charge in [0.2, 0.25) is 5.91 Å². The van der Waals surface area contributed by atoms with Crippen LogP contribution in [0.15, 0.2) is 42.5 Å². The summed E-state index contributed by atoms with van der Waals surface area (Å²) in [6.45, 7) is 10.7. The van der Waals surface area contributed by atoms with Crippen LogP contribution in [-0.4, -0.2) is 66.6 Å². The van der Waals surface area contributed by atoms with Crippen LogP contribution in [0.4, 0.5) is 0 Å². The predicted octanol–water partition coefficient (Wildman–Crippen LogP) is 6.76. The molecule has 2 aromatic rings. The number of carbonyl (C=O) groups is 2. The average Bonchev–Trinajstić information content (AvgIpc) is 3.42. The fourth-order valence-corrected chi connectivity index (χ4v) is 6.18. The van der Waals surface area contributed by atoms with Crippen LogP contribution in [0.1, 0.15) is 69.9 Å². The van der Waals surface area contributed by atoms with Gasteiger partial charge in [-0.1, -0.05) is 47.5 Å². The van der Waals surface area contributed by atoms with E-state index in [1.165, 1.54) is 18.4 Å². The van der Waals surface area contributed by atoms with Crippen molar-refractivity contribution in [1.82, 2.24) is 9.80 Å². The highest BCUT2D eigenvalue weighted by Gasteiger charge is 2.33. The lowest BCUT2D eigenvalue weighted by molar-refractivity contribution is -0.158. The number of nitrogens with zero attached hydrogens (tertiary/aromatic N) is 2. The minimum absolute atomic E-state index is 0.00266. The van der Waals surface area contributed by atoms with E-state index < -0.39 is 11.5 Å². The fourth-order valence-electron chi connectivity index (χ4n) is 5.69. The summed E-state index contributed by atoms with van der Waals surface area (Å²) in [4.78, 5) is 30.9. The van der Waals surface area contributed by atoms with Gasteiger partial charge in [-0.2, -0.15) is 0 Å². The van der Waals surface area contributed by atoms with Gasteiger partial charge in [0, 0.05) is 29.7 Å². The molecule has 2 aromatic carbocycles. The number of hydrogen-bond donors (Lipinski definition) is 0. The number of piperidine rings is 1. The van der Waals surface area contributed by atoms with Crippen LogP contribution in [0.2, 0.25) is 10.0 Å². The lowest BCUT2D eigenvalue weighted by atomic mass is 9.87. The van der Waals surface area contributed by atoms with E-state index in [0.29, 0.717) is 42.1 Å².